The third-order valence-corrected chi connectivity index (χ3v) is 2.84. The van der Waals surface area contributed by atoms with Gasteiger partial charge in [-0.2, -0.15) is 0 Å². The summed E-state index contributed by atoms with van der Waals surface area (Å²) >= 11 is 0. The van der Waals surface area contributed by atoms with E-state index >= 15 is 0 Å². The van der Waals surface area contributed by atoms with Crippen molar-refractivity contribution < 1.29 is 13.9 Å². The molecule has 1 aromatic carbocycles. The molecule has 0 atom stereocenters. The molecule has 0 radical (unpaired) electrons. The summed E-state index contributed by atoms with van der Waals surface area (Å²) in [7, 11) is 1.36. The summed E-state index contributed by atoms with van der Waals surface area (Å²) in [5.41, 5.74) is 1.53. The second kappa shape index (κ2) is 11.2. The number of aryl methyl sites for hydroxylation is 1. The number of guanidine groups is 1. The summed E-state index contributed by atoms with van der Waals surface area (Å²) in [4.78, 5) is 15.4. The lowest BCUT2D eigenvalue weighted by Crippen LogP contribution is -2.38. The maximum atomic E-state index is 13.2. The molecule has 0 spiro atoms. The maximum Gasteiger partial charge on any atom is 0.307 e. The van der Waals surface area contributed by atoms with E-state index in [0.29, 0.717) is 31.2 Å². The van der Waals surface area contributed by atoms with Gasteiger partial charge < -0.3 is 15.4 Å². The van der Waals surface area contributed by atoms with Gasteiger partial charge in [0.1, 0.15) is 5.82 Å². The highest BCUT2D eigenvalue weighted by atomic mass is 127. The molecule has 0 saturated heterocycles. The lowest BCUT2D eigenvalue weighted by atomic mass is 10.1. The maximum absolute atomic E-state index is 13.2. The van der Waals surface area contributed by atoms with Crippen LogP contribution < -0.4 is 10.6 Å². The van der Waals surface area contributed by atoms with Gasteiger partial charge in [-0.05, 0) is 31.0 Å². The Morgan fingerprint density at radius 1 is 1.36 bits per heavy atom. The van der Waals surface area contributed by atoms with E-state index in [9.17, 15) is 9.18 Å². The minimum Gasteiger partial charge on any atom is -0.469 e. The second-order valence-corrected chi connectivity index (χ2v) is 4.53. The number of hydrogen-bond acceptors (Lipinski definition) is 3. The van der Waals surface area contributed by atoms with Crippen LogP contribution in [0.1, 0.15) is 24.5 Å². The standard InChI is InChI=1S/C15H22FN3O2.HI/c1-4-17-15(18-8-7-14(20)21-3)19-10-12-5-6-13(16)11(2)9-12;/h5-6,9H,4,7-8,10H2,1-3H3,(H2,17,18,19);1H. The highest BCUT2D eigenvalue weighted by Gasteiger charge is 2.03. The first kappa shape index (κ1) is 20.6. The van der Waals surface area contributed by atoms with E-state index < -0.39 is 0 Å². The molecule has 0 amide bonds. The van der Waals surface area contributed by atoms with E-state index in [1.807, 2.05) is 6.92 Å². The van der Waals surface area contributed by atoms with Crippen LogP contribution in [0.4, 0.5) is 4.39 Å². The van der Waals surface area contributed by atoms with Gasteiger partial charge in [0.05, 0.1) is 20.1 Å². The first-order chi connectivity index (χ1) is 10.1. The average molecular weight is 423 g/mol. The number of hydrogen-bond donors (Lipinski definition) is 2. The van der Waals surface area contributed by atoms with Crippen LogP contribution in [0.2, 0.25) is 0 Å². The Morgan fingerprint density at radius 2 is 2.09 bits per heavy atom. The monoisotopic (exact) mass is 423 g/mol. The SMILES string of the molecule is CCNC(=NCc1ccc(F)c(C)c1)NCCC(=O)OC.I. The molecule has 0 unspecified atom stereocenters. The zero-order chi connectivity index (χ0) is 15.7. The molecule has 2 N–H and O–H groups in total. The van der Waals surface area contributed by atoms with Crippen molar-refractivity contribution in [2.75, 3.05) is 20.2 Å². The summed E-state index contributed by atoms with van der Waals surface area (Å²) < 4.78 is 17.8. The molecule has 0 aliphatic heterocycles. The van der Waals surface area contributed by atoms with E-state index in [2.05, 4.69) is 20.4 Å². The molecule has 7 heteroatoms. The molecule has 0 heterocycles. The Kier molecular flexibility index (Phi) is 10.5. The number of rotatable bonds is 6. The lowest BCUT2D eigenvalue weighted by Gasteiger charge is -2.11. The van der Waals surface area contributed by atoms with Crippen LogP contribution in [0.25, 0.3) is 0 Å². The fraction of sp³-hybridized carbons (Fsp3) is 0.467. The number of aliphatic imine (C=N–C) groups is 1. The Morgan fingerprint density at radius 3 is 2.68 bits per heavy atom. The third kappa shape index (κ3) is 7.58. The van der Waals surface area contributed by atoms with Crippen molar-refractivity contribution >= 4 is 35.9 Å². The molecule has 22 heavy (non-hydrogen) atoms. The number of carbonyl (C=O) groups excluding carboxylic acids is 1. The van der Waals surface area contributed by atoms with Crippen molar-refractivity contribution in [1.82, 2.24) is 10.6 Å². The summed E-state index contributed by atoms with van der Waals surface area (Å²) in [6, 6.07) is 4.93. The lowest BCUT2D eigenvalue weighted by molar-refractivity contribution is -0.140. The van der Waals surface area contributed by atoms with Gasteiger partial charge in [-0.3, -0.25) is 4.79 Å². The van der Waals surface area contributed by atoms with E-state index in [4.69, 9.17) is 0 Å². The molecule has 0 aromatic heterocycles. The van der Waals surface area contributed by atoms with Crippen LogP contribution >= 0.6 is 24.0 Å². The molecule has 0 fully saturated rings. The Balaban J connectivity index is 0.00000441. The number of esters is 1. The molecule has 0 bridgehead atoms. The summed E-state index contributed by atoms with van der Waals surface area (Å²) in [6.45, 7) is 5.28. The highest BCUT2D eigenvalue weighted by Crippen LogP contribution is 2.09. The second-order valence-electron chi connectivity index (χ2n) is 4.53. The number of ether oxygens (including phenoxy) is 1. The van der Waals surface area contributed by atoms with Crippen molar-refractivity contribution in [3.63, 3.8) is 0 Å². The average Bonchev–Trinajstić information content (AvgIpc) is 2.48. The number of nitrogens with one attached hydrogen (secondary N) is 2. The fourth-order valence-corrected chi connectivity index (χ4v) is 1.70. The van der Waals surface area contributed by atoms with Gasteiger partial charge in [0.25, 0.3) is 0 Å². The van der Waals surface area contributed by atoms with Crippen LogP contribution in [0.3, 0.4) is 0 Å². The van der Waals surface area contributed by atoms with Crippen LogP contribution in [0.15, 0.2) is 23.2 Å². The molecular weight excluding hydrogens is 400 g/mol. The smallest absolute Gasteiger partial charge is 0.307 e. The topological polar surface area (TPSA) is 62.7 Å². The van der Waals surface area contributed by atoms with Gasteiger partial charge in [-0.25, -0.2) is 9.38 Å². The van der Waals surface area contributed by atoms with Gasteiger partial charge in [-0.1, -0.05) is 12.1 Å². The predicted octanol–water partition coefficient (Wildman–Crippen LogP) is 2.37. The minimum absolute atomic E-state index is 0. The predicted molar refractivity (Wildman–Crippen MR) is 96.0 cm³/mol. The number of halogens is 2. The van der Waals surface area contributed by atoms with Crippen molar-refractivity contribution in [2.45, 2.75) is 26.8 Å². The normalized spacial score (nSPS) is 10.6. The largest absolute Gasteiger partial charge is 0.469 e. The Labute approximate surface area is 147 Å². The van der Waals surface area contributed by atoms with Gasteiger partial charge in [0, 0.05) is 13.1 Å². The zero-order valence-electron chi connectivity index (χ0n) is 13.1. The number of nitrogens with zero attached hydrogens (tertiary/aromatic N) is 1. The molecule has 1 aromatic rings. The number of benzene rings is 1. The van der Waals surface area contributed by atoms with Gasteiger partial charge in [0.2, 0.25) is 0 Å². The molecular formula is C15H23FIN3O2. The highest BCUT2D eigenvalue weighted by molar-refractivity contribution is 14.0. The van der Waals surface area contributed by atoms with E-state index in [0.717, 1.165) is 5.56 Å². The van der Waals surface area contributed by atoms with Crippen molar-refractivity contribution in [3.05, 3.63) is 35.1 Å². The van der Waals surface area contributed by atoms with Crippen molar-refractivity contribution in [1.29, 1.82) is 0 Å². The third-order valence-electron chi connectivity index (χ3n) is 2.84. The van der Waals surface area contributed by atoms with Crippen LogP contribution in [-0.4, -0.2) is 32.1 Å². The van der Waals surface area contributed by atoms with E-state index in [1.165, 1.54) is 13.2 Å². The van der Waals surface area contributed by atoms with Crippen LogP contribution in [-0.2, 0) is 16.1 Å². The summed E-state index contributed by atoms with van der Waals surface area (Å²) in [5, 5.41) is 6.13. The minimum atomic E-state index is -0.271. The number of carbonyl (C=O) groups is 1. The Bertz CT molecular complexity index is 510. The van der Waals surface area contributed by atoms with Crippen molar-refractivity contribution in [2.24, 2.45) is 4.99 Å². The zero-order valence-corrected chi connectivity index (χ0v) is 15.4. The molecule has 0 aliphatic carbocycles. The molecule has 124 valence electrons. The van der Waals surface area contributed by atoms with Gasteiger partial charge in [0.15, 0.2) is 5.96 Å². The fourth-order valence-electron chi connectivity index (χ4n) is 1.70. The van der Waals surface area contributed by atoms with Gasteiger partial charge >= 0.3 is 5.97 Å². The van der Waals surface area contributed by atoms with E-state index in [1.54, 1.807) is 19.1 Å². The number of methoxy groups -OCH3 is 1. The Hall–Kier alpha value is -1.38. The summed E-state index contributed by atoms with van der Waals surface area (Å²) in [6.07, 6.45) is 0.274. The molecule has 0 saturated carbocycles. The van der Waals surface area contributed by atoms with Gasteiger partial charge in [-0.15, -0.1) is 24.0 Å². The molecule has 1 rings (SSSR count). The van der Waals surface area contributed by atoms with Crippen molar-refractivity contribution in [3.8, 4) is 0 Å². The summed E-state index contributed by atoms with van der Waals surface area (Å²) in [5.74, 6) is 0.127. The first-order valence-corrected chi connectivity index (χ1v) is 6.90. The quantitative estimate of drug-likeness (QED) is 0.319. The molecule has 0 aliphatic rings. The van der Waals surface area contributed by atoms with E-state index in [-0.39, 0.29) is 42.2 Å². The molecule has 5 nitrogen and oxygen atoms in total. The van der Waals surface area contributed by atoms with Crippen LogP contribution in [0, 0.1) is 12.7 Å². The van der Waals surface area contributed by atoms with Crippen LogP contribution in [0.5, 0.6) is 0 Å². The first-order valence-electron chi connectivity index (χ1n) is 6.90.